The number of carbonyl (C=O) groups is 2. The minimum absolute atomic E-state index is 0.0334. The Balaban J connectivity index is 1.42. The number of halogens is 1. The van der Waals surface area contributed by atoms with Crippen molar-refractivity contribution < 1.29 is 19.1 Å². The maximum Gasteiger partial charge on any atom is 0.407 e. The smallest absolute Gasteiger partial charge is 0.407 e. The molecule has 4 rings (SSSR count). The van der Waals surface area contributed by atoms with Gasteiger partial charge in [0, 0.05) is 43.1 Å². The molecule has 1 spiro atoms. The van der Waals surface area contributed by atoms with E-state index in [0.29, 0.717) is 25.9 Å². The van der Waals surface area contributed by atoms with E-state index in [4.69, 9.17) is 0 Å². The van der Waals surface area contributed by atoms with E-state index in [-0.39, 0.29) is 24.0 Å². The predicted octanol–water partition coefficient (Wildman–Crippen LogP) is 1.21. The second-order valence-electron chi connectivity index (χ2n) is 7.73. The third-order valence-electron chi connectivity index (χ3n) is 6.55. The van der Waals surface area contributed by atoms with Crippen LogP contribution in [-0.2, 0) is 4.79 Å². The van der Waals surface area contributed by atoms with Crippen molar-refractivity contribution in [1.29, 1.82) is 0 Å². The molecule has 0 aliphatic carbocycles. The van der Waals surface area contributed by atoms with Gasteiger partial charge >= 0.3 is 6.09 Å². The summed E-state index contributed by atoms with van der Waals surface area (Å²) in [5, 5.41) is 12.1. The Morgan fingerprint density at radius 2 is 1.96 bits per heavy atom. The van der Waals surface area contributed by atoms with Crippen LogP contribution in [0, 0.1) is 5.41 Å². The standard InChI is InChI=1S/C16H24FN3O3/c17-13-8-19(4-3-16(13)7-14(21)18-9-16)12-5-10-1-2-11(6-12)20(10)15(22)23/h10-13H,1-9H2,(H,18,21)(H,22,23). The lowest BCUT2D eigenvalue weighted by atomic mass is 9.75. The molecule has 2 amide bonds. The molecule has 4 aliphatic heterocycles. The van der Waals surface area contributed by atoms with Crippen LogP contribution < -0.4 is 5.32 Å². The predicted molar refractivity (Wildman–Crippen MR) is 80.8 cm³/mol. The second kappa shape index (κ2) is 5.33. The molecule has 0 saturated carbocycles. The summed E-state index contributed by atoms with van der Waals surface area (Å²) in [4.78, 5) is 26.7. The highest BCUT2D eigenvalue weighted by Crippen LogP contribution is 2.43. The third-order valence-corrected chi connectivity index (χ3v) is 6.55. The Labute approximate surface area is 135 Å². The highest BCUT2D eigenvalue weighted by atomic mass is 19.1. The number of hydrogen-bond acceptors (Lipinski definition) is 3. The molecular weight excluding hydrogens is 301 g/mol. The lowest BCUT2D eigenvalue weighted by molar-refractivity contribution is -0.120. The lowest BCUT2D eigenvalue weighted by Gasteiger charge is -2.47. The van der Waals surface area contributed by atoms with Crippen molar-refractivity contribution in [3.8, 4) is 0 Å². The van der Waals surface area contributed by atoms with Crippen LogP contribution >= 0.6 is 0 Å². The number of rotatable bonds is 1. The van der Waals surface area contributed by atoms with Gasteiger partial charge in [0.1, 0.15) is 6.17 Å². The summed E-state index contributed by atoms with van der Waals surface area (Å²) in [5.74, 6) is -0.0334. The molecule has 7 heteroatoms. The Morgan fingerprint density at radius 1 is 1.26 bits per heavy atom. The normalized spacial score (nSPS) is 43.9. The minimum Gasteiger partial charge on any atom is -0.465 e. The van der Waals surface area contributed by atoms with Gasteiger partial charge in [0.05, 0.1) is 0 Å². The topological polar surface area (TPSA) is 72.9 Å². The fourth-order valence-electron chi connectivity index (χ4n) is 5.22. The van der Waals surface area contributed by atoms with Crippen molar-refractivity contribution >= 4 is 12.0 Å². The van der Waals surface area contributed by atoms with Crippen LogP contribution in [0.1, 0.15) is 38.5 Å². The van der Waals surface area contributed by atoms with Crippen LogP contribution in [-0.4, -0.2) is 70.8 Å². The molecule has 6 nitrogen and oxygen atoms in total. The molecule has 0 aromatic heterocycles. The Bertz CT molecular complexity index is 517. The van der Waals surface area contributed by atoms with E-state index in [2.05, 4.69) is 10.2 Å². The van der Waals surface area contributed by atoms with Gasteiger partial charge in [-0.25, -0.2) is 9.18 Å². The fraction of sp³-hybridized carbons (Fsp3) is 0.875. The molecule has 4 aliphatic rings. The van der Waals surface area contributed by atoms with E-state index in [9.17, 15) is 19.1 Å². The quantitative estimate of drug-likeness (QED) is 0.760. The molecular formula is C16H24FN3O3. The maximum atomic E-state index is 14.8. The van der Waals surface area contributed by atoms with E-state index in [1.165, 1.54) is 0 Å². The molecule has 4 atom stereocenters. The molecule has 0 aromatic rings. The van der Waals surface area contributed by atoms with Gasteiger partial charge < -0.3 is 15.3 Å². The molecule has 4 fully saturated rings. The number of hydrogen-bond donors (Lipinski definition) is 2. The first-order chi connectivity index (χ1) is 11.0. The summed E-state index contributed by atoms with van der Waals surface area (Å²) in [5.41, 5.74) is -0.506. The summed E-state index contributed by atoms with van der Waals surface area (Å²) in [7, 11) is 0. The molecule has 0 aromatic carbocycles. The molecule has 4 saturated heterocycles. The summed E-state index contributed by atoms with van der Waals surface area (Å²) < 4.78 is 14.8. The first-order valence-electron chi connectivity index (χ1n) is 8.64. The second-order valence-corrected chi connectivity index (χ2v) is 7.73. The van der Waals surface area contributed by atoms with Gasteiger partial charge in [0.15, 0.2) is 0 Å². The summed E-state index contributed by atoms with van der Waals surface area (Å²) in [6.45, 7) is 1.66. The zero-order chi connectivity index (χ0) is 16.2. The van der Waals surface area contributed by atoms with Crippen LogP contribution in [0.25, 0.3) is 0 Å². The van der Waals surface area contributed by atoms with Crippen molar-refractivity contribution in [2.45, 2.75) is 62.8 Å². The highest BCUT2D eigenvalue weighted by molar-refractivity contribution is 5.79. The van der Waals surface area contributed by atoms with Crippen LogP contribution in [0.2, 0.25) is 0 Å². The molecule has 4 unspecified atom stereocenters. The third kappa shape index (κ3) is 2.40. The average molecular weight is 325 g/mol. The first kappa shape index (κ1) is 15.2. The monoisotopic (exact) mass is 325 g/mol. The Hall–Kier alpha value is -1.37. The number of nitrogens with zero attached hydrogens (tertiary/aromatic N) is 2. The maximum absolute atomic E-state index is 14.8. The number of likely N-dealkylation sites (tertiary alicyclic amines) is 1. The van der Waals surface area contributed by atoms with E-state index in [1.807, 2.05) is 0 Å². The molecule has 128 valence electrons. The van der Waals surface area contributed by atoms with Crippen LogP contribution in [0.5, 0.6) is 0 Å². The number of alkyl halides is 1. The largest absolute Gasteiger partial charge is 0.465 e. The van der Waals surface area contributed by atoms with Crippen LogP contribution in [0.4, 0.5) is 9.18 Å². The van der Waals surface area contributed by atoms with Gasteiger partial charge in [-0.05, 0) is 38.6 Å². The summed E-state index contributed by atoms with van der Waals surface area (Å²) in [6.07, 6.45) is 2.73. The van der Waals surface area contributed by atoms with E-state index < -0.39 is 17.7 Å². The summed E-state index contributed by atoms with van der Waals surface area (Å²) >= 11 is 0. The van der Waals surface area contributed by atoms with Crippen molar-refractivity contribution in [2.24, 2.45) is 5.41 Å². The number of carbonyl (C=O) groups excluding carboxylic acids is 1. The number of carboxylic acid groups (broad SMARTS) is 1. The zero-order valence-corrected chi connectivity index (χ0v) is 13.2. The fourth-order valence-corrected chi connectivity index (χ4v) is 5.22. The van der Waals surface area contributed by atoms with Crippen LogP contribution in [0.3, 0.4) is 0 Å². The molecule has 23 heavy (non-hydrogen) atoms. The van der Waals surface area contributed by atoms with Crippen molar-refractivity contribution in [3.63, 3.8) is 0 Å². The number of piperidine rings is 2. The van der Waals surface area contributed by atoms with Crippen molar-refractivity contribution in [1.82, 2.24) is 15.1 Å². The molecule has 2 bridgehead atoms. The minimum atomic E-state index is -0.981. The highest BCUT2D eigenvalue weighted by Gasteiger charge is 2.51. The average Bonchev–Trinajstić information content (AvgIpc) is 3.01. The van der Waals surface area contributed by atoms with Gasteiger partial charge in [0.2, 0.25) is 5.91 Å². The Kier molecular flexibility index (Phi) is 3.51. The van der Waals surface area contributed by atoms with Crippen molar-refractivity contribution in [3.05, 3.63) is 0 Å². The number of nitrogens with one attached hydrogen (secondary N) is 1. The van der Waals surface area contributed by atoms with Gasteiger partial charge in [-0.3, -0.25) is 9.69 Å². The van der Waals surface area contributed by atoms with Gasteiger partial charge in [-0.1, -0.05) is 0 Å². The number of fused-ring (bicyclic) bond motifs is 2. The molecule has 4 heterocycles. The van der Waals surface area contributed by atoms with E-state index in [1.54, 1.807) is 4.90 Å². The first-order valence-corrected chi connectivity index (χ1v) is 8.64. The van der Waals surface area contributed by atoms with Crippen LogP contribution in [0.15, 0.2) is 0 Å². The Morgan fingerprint density at radius 3 is 2.48 bits per heavy atom. The van der Waals surface area contributed by atoms with Gasteiger partial charge in [0.25, 0.3) is 0 Å². The molecule has 0 radical (unpaired) electrons. The lowest BCUT2D eigenvalue weighted by Crippen LogP contribution is -2.57. The number of amides is 2. The van der Waals surface area contributed by atoms with Gasteiger partial charge in [-0.15, -0.1) is 0 Å². The zero-order valence-electron chi connectivity index (χ0n) is 13.2. The van der Waals surface area contributed by atoms with E-state index in [0.717, 1.165) is 32.2 Å². The summed E-state index contributed by atoms with van der Waals surface area (Å²) in [6, 6.07) is 0.476. The SMILES string of the molecule is O=C1CC2(CCN(C3CC4CCC(C3)N4C(=O)O)CC2F)CN1. The van der Waals surface area contributed by atoms with E-state index >= 15 is 0 Å². The van der Waals surface area contributed by atoms with Crippen molar-refractivity contribution in [2.75, 3.05) is 19.6 Å². The molecule has 2 N–H and O–H groups in total. The van der Waals surface area contributed by atoms with Gasteiger partial charge in [-0.2, -0.15) is 0 Å².